The summed E-state index contributed by atoms with van der Waals surface area (Å²) in [6.45, 7) is 9.11. The number of aliphatic hydroxyl groups excluding tert-OH is 1. The molecule has 50 heavy (non-hydrogen) atoms. The molecule has 2 aliphatic carbocycles. The number of benzene rings is 1. The van der Waals surface area contributed by atoms with Gasteiger partial charge in [-0.25, -0.2) is 8.78 Å². The molecule has 9 rings (SSSR count). The van der Waals surface area contributed by atoms with Crippen molar-refractivity contribution < 1.29 is 23.5 Å². The molecule has 266 valence electrons. The summed E-state index contributed by atoms with van der Waals surface area (Å²) in [5.74, 6) is 2.52. The van der Waals surface area contributed by atoms with Crippen LogP contribution in [0.3, 0.4) is 0 Å². The number of likely N-dealkylation sites (tertiary alicyclic amines) is 1. The van der Waals surface area contributed by atoms with Gasteiger partial charge in [-0.05, 0) is 73.6 Å². The maximum absolute atomic E-state index is 13.7. The van der Waals surface area contributed by atoms with Crippen LogP contribution in [0.2, 0.25) is 0 Å². The van der Waals surface area contributed by atoms with Crippen LogP contribution in [0, 0.1) is 16.7 Å². The number of carbonyl (C=O) groups is 2. The number of hydrogen-bond donors (Lipinski definition) is 1. The van der Waals surface area contributed by atoms with Crippen LogP contribution >= 0.6 is 0 Å². The second kappa shape index (κ2) is 12.7. The lowest BCUT2D eigenvalue weighted by Gasteiger charge is -2.63. The molecule has 6 heterocycles. The number of anilines is 3. The molecular formula is C37H46F2N8O3. The predicted molar refractivity (Wildman–Crippen MR) is 184 cm³/mol. The standard InChI is InChI=1S/C36H42F2N8O2.CH4O/c1-23(48)43-10-8-30-29(17-43)34(45-9-2-3-25-4-5-26(33(37)38)11-31(25)45)41-46(30)28-14-36(15-28)19-42(20-36)16-24-12-35(13-24)21-44(22-35)32-7-6-27(18-47)39-40-32;1-2/h4-7,11,18,24,28,33H,2-3,8-10,12-17,19-22H2,1H3;2H,1H3. The lowest BCUT2D eigenvalue weighted by molar-refractivity contribution is -0.129. The molecule has 1 N–H and O–H groups in total. The van der Waals surface area contributed by atoms with Crippen molar-refractivity contribution in [2.75, 3.05) is 62.7 Å². The van der Waals surface area contributed by atoms with Gasteiger partial charge in [-0.2, -0.15) is 5.10 Å². The van der Waals surface area contributed by atoms with Crippen molar-refractivity contribution in [2.45, 2.75) is 70.9 Å². The van der Waals surface area contributed by atoms with Crippen LogP contribution in [0.1, 0.15) is 84.4 Å². The Morgan fingerprint density at radius 2 is 1.76 bits per heavy atom. The second-order valence-electron chi connectivity index (χ2n) is 15.6. The van der Waals surface area contributed by atoms with E-state index in [1.54, 1.807) is 25.1 Å². The van der Waals surface area contributed by atoms with E-state index in [1.807, 2.05) is 17.0 Å². The lowest BCUT2D eigenvalue weighted by atomic mass is 9.56. The van der Waals surface area contributed by atoms with Gasteiger partial charge in [0, 0.05) is 94.2 Å². The Balaban J connectivity index is 0.00000177. The van der Waals surface area contributed by atoms with Gasteiger partial charge >= 0.3 is 0 Å². The molecule has 2 spiro atoms. The number of alkyl halides is 2. The lowest BCUT2D eigenvalue weighted by Crippen LogP contribution is -2.67. The van der Waals surface area contributed by atoms with Gasteiger partial charge in [-0.3, -0.25) is 14.3 Å². The third kappa shape index (κ3) is 5.66. The summed E-state index contributed by atoms with van der Waals surface area (Å²) < 4.78 is 29.7. The molecule has 4 fully saturated rings. The van der Waals surface area contributed by atoms with Crippen molar-refractivity contribution in [3.63, 3.8) is 0 Å². The van der Waals surface area contributed by atoms with Crippen LogP contribution in [-0.4, -0.2) is 100 Å². The van der Waals surface area contributed by atoms with E-state index in [0.717, 1.165) is 113 Å². The Hall–Kier alpha value is -3.97. The molecule has 1 amide bonds. The third-order valence-electron chi connectivity index (χ3n) is 12.2. The van der Waals surface area contributed by atoms with Crippen LogP contribution in [0.4, 0.5) is 26.1 Å². The quantitative estimate of drug-likeness (QED) is 0.357. The summed E-state index contributed by atoms with van der Waals surface area (Å²) in [4.78, 5) is 32.2. The first-order chi connectivity index (χ1) is 24.2. The van der Waals surface area contributed by atoms with Crippen LogP contribution in [0.5, 0.6) is 0 Å². The van der Waals surface area contributed by atoms with E-state index < -0.39 is 6.43 Å². The molecule has 2 saturated heterocycles. The highest BCUT2D eigenvalue weighted by Gasteiger charge is 2.57. The fourth-order valence-corrected chi connectivity index (χ4v) is 9.98. The highest BCUT2D eigenvalue weighted by molar-refractivity contribution is 5.75. The molecule has 2 saturated carbocycles. The highest BCUT2D eigenvalue weighted by Crippen LogP contribution is 2.57. The number of fused-ring (bicyclic) bond motifs is 2. The van der Waals surface area contributed by atoms with Crippen LogP contribution < -0.4 is 9.80 Å². The maximum Gasteiger partial charge on any atom is 0.263 e. The average molecular weight is 689 g/mol. The first-order valence-electron chi connectivity index (χ1n) is 18.0. The normalized spacial score (nSPS) is 23.2. The summed E-state index contributed by atoms with van der Waals surface area (Å²) in [6, 6.07) is 9.01. The number of halogens is 2. The largest absolute Gasteiger partial charge is 0.400 e. The molecule has 3 aromatic rings. The predicted octanol–water partition coefficient (Wildman–Crippen LogP) is 4.57. The zero-order chi connectivity index (χ0) is 34.8. The smallest absolute Gasteiger partial charge is 0.263 e. The molecule has 6 aliphatic rings. The minimum atomic E-state index is -2.52. The summed E-state index contributed by atoms with van der Waals surface area (Å²) in [5, 5.41) is 20.4. The van der Waals surface area contributed by atoms with Gasteiger partial charge in [0.2, 0.25) is 5.91 Å². The first kappa shape index (κ1) is 33.2. The van der Waals surface area contributed by atoms with Gasteiger partial charge in [0.05, 0.1) is 12.6 Å². The van der Waals surface area contributed by atoms with Crippen molar-refractivity contribution in [3.8, 4) is 0 Å². The number of aryl methyl sites for hydroxylation is 1. The van der Waals surface area contributed by atoms with E-state index >= 15 is 0 Å². The minimum absolute atomic E-state index is 0.0404. The molecule has 0 bridgehead atoms. The van der Waals surface area contributed by atoms with E-state index in [1.165, 1.54) is 25.1 Å². The average Bonchev–Trinajstić information content (AvgIpc) is 3.43. The van der Waals surface area contributed by atoms with Crippen molar-refractivity contribution in [1.29, 1.82) is 0 Å². The Labute approximate surface area is 291 Å². The number of nitrogens with zero attached hydrogens (tertiary/aromatic N) is 8. The molecule has 2 aromatic heterocycles. The number of rotatable bonds is 7. The van der Waals surface area contributed by atoms with E-state index in [0.29, 0.717) is 35.7 Å². The van der Waals surface area contributed by atoms with E-state index in [-0.39, 0.29) is 11.5 Å². The van der Waals surface area contributed by atoms with E-state index in [4.69, 9.17) is 10.2 Å². The Bertz CT molecular complexity index is 1750. The SMILES string of the molecule is CC(=O)N1CCc2c(c(N3CCCc4ccc(C(F)F)cc43)nn2C2CC3(C2)CN(CC2CC4(C2)CN(c2ccc(C=O)nn2)C4)C3)C1.CO. The van der Waals surface area contributed by atoms with Gasteiger partial charge < -0.3 is 24.7 Å². The van der Waals surface area contributed by atoms with Crippen molar-refractivity contribution in [1.82, 2.24) is 29.8 Å². The highest BCUT2D eigenvalue weighted by atomic mass is 19.3. The Kier molecular flexibility index (Phi) is 8.41. The van der Waals surface area contributed by atoms with Gasteiger partial charge in [-0.15, -0.1) is 10.2 Å². The molecular weight excluding hydrogens is 642 g/mol. The molecule has 0 atom stereocenters. The molecule has 0 radical (unpaired) electrons. The Morgan fingerprint density at radius 1 is 1.00 bits per heavy atom. The fourth-order valence-electron chi connectivity index (χ4n) is 9.98. The fraction of sp³-hybridized carbons (Fsp3) is 0.595. The number of aldehydes is 1. The summed E-state index contributed by atoms with van der Waals surface area (Å²) >= 11 is 0. The third-order valence-corrected chi connectivity index (χ3v) is 12.2. The molecule has 0 unspecified atom stereocenters. The van der Waals surface area contributed by atoms with Crippen molar-refractivity contribution >= 4 is 29.5 Å². The zero-order valence-electron chi connectivity index (χ0n) is 28.9. The number of amides is 1. The van der Waals surface area contributed by atoms with Gasteiger partial charge in [-0.1, -0.05) is 12.1 Å². The van der Waals surface area contributed by atoms with Gasteiger partial charge in [0.25, 0.3) is 6.43 Å². The molecule has 11 nitrogen and oxygen atoms in total. The maximum atomic E-state index is 13.7. The first-order valence-corrected chi connectivity index (χ1v) is 18.0. The topological polar surface area (TPSA) is 111 Å². The Morgan fingerprint density at radius 3 is 2.44 bits per heavy atom. The summed E-state index contributed by atoms with van der Waals surface area (Å²) in [7, 11) is 1.00. The second-order valence-corrected chi connectivity index (χ2v) is 15.6. The van der Waals surface area contributed by atoms with Crippen LogP contribution in [-0.2, 0) is 24.2 Å². The van der Waals surface area contributed by atoms with Crippen LogP contribution in [0.25, 0.3) is 0 Å². The zero-order valence-corrected chi connectivity index (χ0v) is 28.9. The molecule has 1 aromatic carbocycles. The summed E-state index contributed by atoms with van der Waals surface area (Å²) in [5.41, 5.74) is 5.42. The monoisotopic (exact) mass is 688 g/mol. The van der Waals surface area contributed by atoms with E-state index in [2.05, 4.69) is 29.6 Å². The van der Waals surface area contributed by atoms with E-state index in [9.17, 15) is 18.4 Å². The summed E-state index contributed by atoms with van der Waals surface area (Å²) in [6.07, 6.45) is 5.56. The minimum Gasteiger partial charge on any atom is -0.400 e. The number of aliphatic hydroxyl groups is 1. The number of hydrogen-bond acceptors (Lipinski definition) is 9. The number of carbonyl (C=O) groups excluding carboxylic acids is 2. The van der Waals surface area contributed by atoms with Crippen LogP contribution in [0.15, 0.2) is 30.3 Å². The molecule has 13 heteroatoms. The van der Waals surface area contributed by atoms with Gasteiger partial charge in [0.15, 0.2) is 17.9 Å². The molecule has 4 aliphatic heterocycles. The van der Waals surface area contributed by atoms with Gasteiger partial charge in [0.1, 0.15) is 5.69 Å². The van der Waals surface area contributed by atoms with Crippen molar-refractivity contribution in [2.24, 2.45) is 16.7 Å². The van der Waals surface area contributed by atoms with Crippen molar-refractivity contribution in [3.05, 3.63) is 58.4 Å². The number of aromatic nitrogens is 4.